The van der Waals surface area contributed by atoms with Crippen molar-refractivity contribution in [2.45, 2.75) is 34.6 Å². The van der Waals surface area contributed by atoms with Gasteiger partial charge >= 0.3 is 0 Å². The molecule has 0 aromatic carbocycles. The molecule has 0 fully saturated rings. The summed E-state index contributed by atoms with van der Waals surface area (Å²) in [6.45, 7) is 10.4. The van der Waals surface area contributed by atoms with Crippen LogP contribution in [0.5, 0.6) is 0 Å². The van der Waals surface area contributed by atoms with Crippen molar-refractivity contribution in [3.05, 3.63) is 55.8 Å². The van der Waals surface area contributed by atoms with Crippen LogP contribution in [0.4, 0.5) is 0 Å². The van der Waals surface area contributed by atoms with Gasteiger partial charge in [0, 0.05) is 65.4 Å². The average molecular weight is 383 g/mol. The molecular formula is C14H23NY2-4. The Morgan fingerprint density at radius 2 is 1.29 bits per heavy atom. The van der Waals surface area contributed by atoms with Crippen molar-refractivity contribution in [3.63, 3.8) is 0 Å². The number of rotatable bonds is 2. The van der Waals surface area contributed by atoms with Crippen molar-refractivity contribution in [1.29, 1.82) is 0 Å². The van der Waals surface area contributed by atoms with Crippen molar-refractivity contribution < 1.29 is 65.4 Å². The summed E-state index contributed by atoms with van der Waals surface area (Å²) in [7, 11) is 0. The SMILES string of the molecule is C[CH-]c1nc(C)c([CH-]C)c(C)c1C.[CH3-].[CH3-].[Y].[Y]. The van der Waals surface area contributed by atoms with E-state index in [0.717, 1.165) is 11.4 Å². The van der Waals surface area contributed by atoms with E-state index in [2.05, 4.69) is 45.5 Å². The van der Waals surface area contributed by atoms with E-state index < -0.39 is 0 Å². The monoisotopic (exact) mass is 383 g/mol. The number of hydrogen-bond donors (Lipinski definition) is 0. The van der Waals surface area contributed by atoms with Gasteiger partial charge in [-0.05, 0) is 0 Å². The number of aromatic nitrogens is 1. The van der Waals surface area contributed by atoms with Crippen LogP contribution in [0.2, 0.25) is 0 Å². The Bertz CT molecular complexity index is 322. The molecule has 0 amide bonds. The first-order chi connectivity index (χ1) is 6.11. The minimum Gasteiger partial charge on any atom is -0.358 e. The molecule has 0 N–H and O–H groups in total. The summed E-state index contributed by atoms with van der Waals surface area (Å²) in [6, 6.07) is 0. The largest absolute Gasteiger partial charge is 0.358 e. The van der Waals surface area contributed by atoms with E-state index in [1.165, 1.54) is 16.7 Å². The summed E-state index contributed by atoms with van der Waals surface area (Å²) < 4.78 is 0. The van der Waals surface area contributed by atoms with Crippen molar-refractivity contribution >= 4 is 0 Å². The fourth-order valence-corrected chi connectivity index (χ4v) is 1.70. The molecule has 17 heavy (non-hydrogen) atoms. The molecule has 0 bridgehead atoms. The standard InChI is InChI=1S/C12H17N.2CH3.2Y/c1-6-11-8(3)9(4)12(7-2)13-10(11)5;;;;/h6-7H,1-5H3;2*1H3;;/q-2;2*-1;;. The van der Waals surface area contributed by atoms with Crippen molar-refractivity contribution in [2.24, 2.45) is 0 Å². The fraction of sp³-hybridized carbons (Fsp3) is 0.357. The van der Waals surface area contributed by atoms with Gasteiger partial charge in [0.1, 0.15) is 0 Å². The predicted octanol–water partition coefficient (Wildman–Crippen LogP) is 4.05. The second-order valence-corrected chi connectivity index (χ2v) is 3.32. The molecule has 1 rings (SSSR count). The van der Waals surface area contributed by atoms with Gasteiger partial charge in [0.2, 0.25) is 0 Å². The summed E-state index contributed by atoms with van der Waals surface area (Å²) in [4.78, 5) is 4.54. The van der Waals surface area contributed by atoms with Crippen LogP contribution in [0.15, 0.2) is 0 Å². The number of pyridine rings is 1. The first-order valence-electron chi connectivity index (χ1n) is 4.68. The van der Waals surface area contributed by atoms with E-state index >= 15 is 0 Å². The zero-order valence-electron chi connectivity index (χ0n) is 12.3. The Kier molecular flexibility index (Phi) is 19.0. The molecular weight excluding hydrogens is 360 g/mol. The zero-order valence-corrected chi connectivity index (χ0v) is 17.9. The van der Waals surface area contributed by atoms with E-state index in [1.54, 1.807) is 0 Å². The van der Waals surface area contributed by atoms with Crippen molar-refractivity contribution in [1.82, 2.24) is 4.98 Å². The molecule has 1 heterocycles. The van der Waals surface area contributed by atoms with E-state index in [-0.39, 0.29) is 80.3 Å². The van der Waals surface area contributed by atoms with Crippen LogP contribution >= 0.6 is 0 Å². The van der Waals surface area contributed by atoms with Crippen LogP contribution in [0.1, 0.15) is 41.9 Å². The molecule has 1 aromatic rings. The van der Waals surface area contributed by atoms with Crippen molar-refractivity contribution in [2.75, 3.05) is 0 Å². The molecule has 0 saturated heterocycles. The Morgan fingerprint density at radius 3 is 1.65 bits per heavy atom. The second-order valence-electron chi connectivity index (χ2n) is 3.32. The number of hydrogen-bond acceptors (Lipinski definition) is 1. The third-order valence-corrected chi connectivity index (χ3v) is 2.59. The van der Waals surface area contributed by atoms with Crippen molar-refractivity contribution in [3.8, 4) is 0 Å². The minimum atomic E-state index is 0. The van der Waals surface area contributed by atoms with Gasteiger partial charge in [0.25, 0.3) is 0 Å². The van der Waals surface area contributed by atoms with Gasteiger partial charge in [-0.2, -0.15) is 12.0 Å². The molecule has 0 unspecified atom stereocenters. The maximum atomic E-state index is 4.54. The summed E-state index contributed by atoms with van der Waals surface area (Å²) >= 11 is 0. The molecule has 0 atom stereocenters. The summed E-state index contributed by atoms with van der Waals surface area (Å²) in [5.41, 5.74) is 6.16. The molecule has 0 saturated carbocycles. The van der Waals surface area contributed by atoms with E-state index in [0.29, 0.717) is 0 Å². The maximum absolute atomic E-state index is 4.54. The summed E-state index contributed by atoms with van der Waals surface area (Å²) in [6.07, 6.45) is 4.19. The van der Waals surface area contributed by atoms with Gasteiger partial charge in [0.05, 0.1) is 0 Å². The number of nitrogens with zero attached hydrogens (tertiary/aromatic N) is 1. The normalized spacial score (nSPS) is 7.59. The molecule has 94 valence electrons. The van der Waals surface area contributed by atoms with Gasteiger partial charge in [-0.15, -0.1) is 26.5 Å². The van der Waals surface area contributed by atoms with Crippen LogP contribution in [0.3, 0.4) is 0 Å². The molecule has 0 aliphatic carbocycles. The van der Waals surface area contributed by atoms with Gasteiger partial charge in [-0.3, -0.25) is 0 Å². The maximum Gasteiger partial charge on any atom is 0 e. The molecule has 2 radical (unpaired) electrons. The van der Waals surface area contributed by atoms with Crippen LogP contribution < -0.4 is 0 Å². The van der Waals surface area contributed by atoms with Gasteiger partial charge in [0.15, 0.2) is 0 Å². The first kappa shape index (κ1) is 26.6. The fourth-order valence-electron chi connectivity index (χ4n) is 1.70. The van der Waals surface area contributed by atoms with Gasteiger partial charge in [-0.1, -0.05) is 19.5 Å². The van der Waals surface area contributed by atoms with Crippen LogP contribution in [-0.4, -0.2) is 4.98 Å². The Morgan fingerprint density at radius 1 is 0.824 bits per heavy atom. The quantitative estimate of drug-likeness (QED) is 0.703. The van der Waals surface area contributed by atoms with Crippen LogP contribution in [0, 0.1) is 48.5 Å². The van der Waals surface area contributed by atoms with E-state index in [9.17, 15) is 0 Å². The van der Waals surface area contributed by atoms with Gasteiger partial charge in [-0.25, -0.2) is 17.5 Å². The third-order valence-electron chi connectivity index (χ3n) is 2.59. The predicted molar refractivity (Wildman–Crippen MR) is 69.4 cm³/mol. The van der Waals surface area contributed by atoms with Gasteiger partial charge < -0.3 is 19.8 Å². The molecule has 3 heteroatoms. The first-order valence-corrected chi connectivity index (χ1v) is 4.68. The third kappa shape index (κ3) is 6.19. The Labute approximate surface area is 159 Å². The minimum absolute atomic E-state index is 0. The molecule has 0 aliphatic rings. The zero-order chi connectivity index (χ0) is 10.0. The van der Waals surface area contributed by atoms with E-state index in [4.69, 9.17) is 0 Å². The molecule has 1 aromatic heterocycles. The molecule has 1 nitrogen and oxygen atoms in total. The summed E-state index contributed by atoms with van der Waals surface area (Å²) in [5.74, 6) is 0. The van der Waals surface area contributed by atoms with Crippen LogP contribution in [0.25, 0.3) is 0 Å². The average Bonchev–Trinajstić information content (AvgIpc) is 2.12. The molecule has 0 aliphatic heterocycles. The topological polar surface area (TPSA) is 12.9 Å². The summed E-state index contributed by atoms with van der Waals surface area (Å²) in [5, 5.41) is 0. The second kappa shape index (κ2) is 12.1. The van der Waals surface area contributed by atoms with Crippen LogP contribution in [-0.2, 0) is 65.4 Å². The van der Waals surface area contributed by atoms with E-state index in [1.807, 2.05) is 6.92 Å². The molecule has 0 spiro atoms. The Balaban J connectivity index is -0.000000211. The number of aryl methyl sites for hydroxylation is 1. The smallest absolute Gasteiger partial charge is 0 e. The Hall–Kier alpha value is 1.10.